The van der Waals surface area contributed by atoms with E-state index in [-0.39, 0.29) is 12.4 Å². The Labute approximate surface area is 75.7 Å². The molecule has 0 aromatic heterocycles. The molecule has 0 aliphatic carbocycles. The molecule has 0 aliphatic rings. The standard InChI is InChI=1S/C6H14O2.C3H8O/c1-4-7-6(3)8-5-2;1-3(2)4/h6H,4-5H2,1-3H3;3-4H,1-2H3. The normalized spacial score (nSPS) is 10.0. The van der Waals surface area contributed by atoms with Crippen LogP contribution in [0.15, 0.2) is 0 Å². The van der Waals surface area contributed by atoms with Crippen molar-refractivity contribution in [2.75, 3.05) is 13.2 Å². The van der Waals surface area contributed by atoms with Crippen LogP contribution < -0.4 is 0 Å². The Balaban J connectivity index is 0. The highest BCUT2D eigenvalue weighted by Gasteiger charge is 1.94. The number of hydrogen-bond donors (Lipinski definition) is 1. The number of aliphatic hydroxyl groups is 1. The van der Waals surface area contributed by atoms with Crippen molar-refractivity contribution in [2.24, 2.45) is 0 Å². The second-order valence-electron chi connectivity index (χ2n) is 2.57. The maximum atomic E-state index is 8.06. The molecule has 0 fully saturated rings. The first-order valence-corrected chi connectivity index (χ1v) is 4.45. The largest absolute Gasteiger partial charge is 0.394 e. The minimum absolute atomic E-state index is 0.0370. The average molecular weight is 178 g/mol. The van der Waals surface area contributed by atoms with Crippen LogP contribution in [0.1, 0.15) is 34.6 Å². The first-order chi connectivity index (χ1) is 5.54. The smallest absolute Gasteiger partial charge is 0.154 e. The molecule has 3 heteroatoms. The van der Waals surface area contributed by atoms with Gasteiger partial charge in [-0.05, 0) is 34.6 Å². The predicted molar refractivity (Wildman–Crippen MR) is 50.1 cm³/mol. The number of aliphatic hydroxyl groups excluding tert-OH is 1. The minimum atomic E-state index is -0.167. The third-order valence-corrected chi connectivity index (χ3v) is 0.803. The van der Waals surface area contributed by atoms with Crippen molar-refractivity contribution in [3.63, 3.8) is 0 Å². The molecule has 12 heavy (non-hydrogen) atoms. The van der Waals surface area contributed by atoms with Crippen molar-refractivity contribution in [3.8, 4) is 0 Å². The second-order valence-corrected chi connectivity index (χ2v) is 2.57. The molecular formula is C9H22O3. The molecular weight excluding hydrogens is 156 g/mol. The SMILES string of the molecule is CC(C)O.CCOC(C)OCC. The third-order valence-electron chi connectivity index (χ3n) is 0.803. The van der Waals surface area contributed by atoms with Gasteiger partial charge in [-0.2, -0.15) is 0 Å². The highest BCUT2D eigenvalue weighted by atomic mass is 16.7. The summed E-state index contributed by atoms with van der Waals surface area (Å²) in [6.45, 7) is 10.7. The van der Waals surface area contributed by atoms with Gasteiger partial charge in [0.05, 0.1) is 0 Å². The summed E-state index contributed by atoms with van der Waals surface area (Å²) in [5, 5.41) is 8.06. The molecule has 0 saturated carbocycles. The van der Waals surface area contributed by atoms with Gasteiger partial charge in [-0.3, -0.25) is 0 Å². The van der Waals surface area contributed by atoms with Gasteiger partial charge in [-0.1, -0.05) is 0 Å². The van der Waals surface area contributed by atoms with Crippen LogP contribution in [0.3, 0.4) is 0 Å². The molecule has 0 bridgehead atoms. The molecule has 0 atom stereocenters. The lowest BCUT2D eigenvalue weighted by Gasteiger charge is -2.09. The Morgan fingerprint density at radius 3 is 1.42 bits per heavy atom. The fourth-order valence-electron chi connectivity index (χ4n) is 0.518. The summed E-state index contributed by atoms with van der Waals surface area (Å²) < 4.78 is 10.1. The average Bonchev–Trinajstić information content (AvgIpc) is 1.87. The molecule has 0 aromatic rings. The highest BCUT2D eigenvalue weighted by Crippen LogP contribution is 1.90. The van der Waals surface area contributed by atoms with Gasteiger partial charge in [0, 0.05) is 19.3 Å². The summed E-state index contributed by atoms with van der Waals surface area (Å²) in [7, 11) is 0. The third kappa shape index (κ3) is 22.5. The van der Waals surface area contributed by atoms with Crippen molar-refractivity contribution < 1.29 is 14.6 Å². The van der Waals surface area contributed by atoms with E-state index in [1.54, 1.807) is 13.8 Å². The van der Waals surface area contributed by atoms with Gasteiger partial charge < -0.3 is 14.6 Å². The van der Waals surface area contributed by atoms with Crippen molar-refractivity contribution in [1.29, 1.82) is 0 Å². The van der Waals surface area contributed by atoms with E-state index in [2.05, 4.69) is 0 Å². The summed E-state index contributed by atoms with van der Waals surface area (Å²) in [6, 6.07) is 0. The van der Waals surface area contributed by atoms with Crippen LogP contribution in [0.2, 0.25) is 0 Å². The first kappa shape index (κ1) is 14.4. The summed E-state index contributed by atoms with van der Waals surface area (Å²) >= 11 is 0. The van der Waals surface area contributed by atoms with E-state index < -0.39 is 0 Å². The van der Waals surface area contributed by atoms with Gasteiger partial charge in [0.2, 0.25) is 0 Å². The van der Waals surface area contributed by atoms with Gasteiger partial charge in [0.25, 0.3) is 0 Å². The molecule has 3 nitrogen and oxygen atoms in total. The zero-order valence-electron chi connectivity index (χ0n) is 8.83. The van der Waals surface area contributed by atoms with E-state index in [9.17, 15) is 0 Å². The first-order valence-electron chi connectivity index (χ1n) is 4.45. The molecule has 0 spiro atoms. The van der Waals surface area contributed by atoms with E-state index in [4.69, 9.17) is 14.6 Å². The lowest BCUT2D eigenvalue weighted by atomic mass is 10.5. The highest BCUT2D eigenvalue weighted by molar-refractivity contribution is 4.26. The summed E-state index contributed by atoms with van der Waals surface area (Å²) in [5.41, 5.74) is 0. The Hall–Kier alpha value is -0.120. The maximum absolute atomic E-state index is 8.06. The number of ether oxygens (including phenoxy) is 2. The molecule has 0 radical (unpaired) electrons. The van der Waals surface area contributed by atoms with Crippen LogP contribution in [-0.4, -0.2) is 30.7 Å². The molecule has 0 unspecified atom stereocenters. The second kappa shape index (κ2) is 10.9. The van der Waals surface area contributed by atoms with E-state index >= 15 is 0 Å². The summed E-state index contributed by atoms with van der Waals surface area (Å²) in [5.74, 6) is 0. The van der Waals surface area contributed by atoms with Gasteiger partial charge in [0.15, 0.2) is 6.29 Å². The Kier molecular flexibility index (Phi) is 13.1. The van der Waals surface area contributed by atoms with E-state index in [1.807, 2.05) is 20.8 Å². The summed E-state index contributed by atoms with van der Waals surface area (Å²) in [4.78, 5) is 0. The lowest BCUT2D eigenvalue weighted by molar-refractivity contribution is -0.123. The molecule has 0 aromatic carbocycles. The van der Waals surface area contributed by atoms with E-state index in [0.29, 0.717) is 0 Å². The van der Waals surface area contributed by atoms with E-state index in [1.165, 1.54) is 0 Å². The molecule has 0 aliphatic heterocycles. The monoisotopic (exact) mass is 178 g/mol. The molecule has 76 valence electrons. The van der Waals surface area contributed by atoms with E-state index in [0.717, 1.165) is 13.2 Å². The van der Waals surface area contributed by atoms with Crippen LogP contribution in [0.25, 0.3) is 0 Å². The van der Waals surface area contributed by atoms with Crippen LogP contribution in [0, 0.1) is 0 Å². The van der Waals surface area contributed by atoms with Gasteiger partial charge in [-0.25, -0.2) is 0 Å². The molecule has 0 saturated heterocycles. The zero-order valence-corrected chi connectivity index (χ0v) is 8.83. The number of rotatable bonds is 4. The minimum Gasteiger partial charge on any atom is -0.394 e. The molecule has 0 rings (SSSR count). The molecule has 0 heterocycles. The zero-order chi connectivity index (χ0) is 9.98. The number of hydrogen-bond acceptors (Lipinski definition) is 3. The molecule has 0 amide bonds. The lowest BCUT2D eigenvalue weighted by Crippen LogP contribution is -2.11. The van der Waals surface area contributed by atoms with Crippen LogP contribution in [-0.2, 0) is 9.47 Å². The van der Waals surface area contributed by atoms with Crippen molar-refractivity contribution in [3.05, 3.63) is 0 Å². The fraction of sp³-hybridized carbons (Fsp3) is 1.00. The van der Waals surface area contributed by atoms with Gasteiger partial charge in [0.1, 0.15) is 0 Å². The van der Waals surface area contributed by atoms with Crippen molar-refractivity contribution in [1.82, 2.24) is 0 Å². The van der Waals surface area contributed by atoms with Crippen molar-refractivity contribution >= 4 is 0 Å². The maximum Gasteiger partial charge on any atom is 0.154 e. The fourth-order valence-corrected chi connectivity index (χ4v) is 0.518. The Bertz CT molecular complexity index is 65.4. The predicted octanol–water partition coefficient (Wildman–Crippen LogP) is 1.79. The quantitative estimate of drug-likeness (QED) is 0.667. The van der Waals surface area contributed by atoms with Gasteiger partial charge in [-0.15, -0.1) is 0 Å². The van der Waals surface area contributed by atoms with Crippen molar-refractivity contribution in [2.45, 2.75) is 47.0 Å². The van der Waals surface area contributed by atoms with Gasteiger partial charge >= 0.3 is 0 Å². The van der Waals surface area contributed by atoms with Crippen LogP contribution in [0.5, 0.6) is 0 Å². The Morgan fingerprint density at radius 2 is 1.25 bits per heavy atom. The summed E-state index contributed by atoms with van der Waals surface area (Å²) in [6.07, 6.45) is -0.204. The van der Waals surface area contributed by atoms with Crippen LogP contribution >= 0.6 is 0 Å². The van der Waals surface area contributed by atoms with Crippen LogP contribution in [0.4, 0.5) is 0 Å². The molecule has 1 N–H and O–H groups in total. The Morgan fingerprint density at radius 1 is 1.00 bits per heavy atom. The topological polar surface area (TPSA) is 38.7 Å².